The first-order chi connectivity index (χ1) is 10.2. The monoisotopic (exact) mass is 286 g/mol. The fourth-order valence-corrected chi connectivity index (χ4v) is 4.09. The lowest BCUT2D eigenvalue weighted by atomic mass is 9.67. The molecule has 1 amide bonds. The van der Waals surface area contributed by atoms with Gasteiger partial charge in [-0.05, 0) is 37.3 Å². The van der Waals surface area contributed by atoms with Crippen molar-refractivity contribution in [3.8, 4) is 0 Å². The highest BCUT2D eigenvalue weighted by atomic mass is 16.2. The van der Waals surface area contributed by atoms with E-state index in [9.17, 15) is 4.79 Å². The first kappa shape index (κ1) is 14.6. The van der Waals surface area contributed by atoms with Crippen molar-refractivity contribution < 1.29 is 4.79 Å². The van der Waals surface area contributed by atoms with Crippen LogP contribution in [-0.2, 0) is 11.2 Å². The molecule has 1 aromatic rings. The lowest BCUT2D eigenvalue weighted by Gasteiger charge is -2.39. The quantitative estimate of drug-likeness (QED) is 0.922. The average Bonchev–Trinajstić information content (AvgIpc) is 2.98. The third-order valence-corrected chi connectivity index (χ3v) is 5.39. The van der Waals surface area contributed by atoms with Gasteiger partial charge in [-0.3, -0.25) is 4.79 Å². The predicted octanol–water partition coefficient (Wildman–Crippen LogP) is 2.47. The highest BCUT2D eigenvalue weighted by Gasteiger charge is 2.50. The molecule has 3 nitrogen and oxygen atoms in total. The number of hydrogen-bond acceptors (Lipinski definition) is 2. The Hall–Kier alpha value is -1.35. The lowest BCUT2D eigenvalue weighted by Crippen LogP contribution is -2.48. The molecule has 0 aromatic heterocycles. The van der Waals surface area contributed by atoms with E-state index in [0.717, 1.165) is 32.5 Å². The molecular weight excluding hydrogens is 260 g/mol. The third-order valence-electron chi connectivity index (χ3n) is 5.39. The maximum absolute atomic E-state index is 13.0. The van der Waals surface area contributed by atoms with Crippen LogP contribution in [0.15, 0.2) is 30.3 Å². The van der Waals surface area contributed by atoms with E-state index in [1.54, 1.807) is 0 Å². The zero-order valence-electron chi connectivity index (χ0n) is 13.0. The van der Waals surface area contributed by atoms with Crippen LogP contribution in [0.4, 0.5) is 0 Å². The first-order valence-corrected chi connectivity index (χ1v) is 8.22. The van der Waals surface area contributed by atoms with Gasteiger partial charge in [-0.2, -0.15) is 0 Å². The van der Waals surface area contributed by atoms with Crippen molar-refractivity contribution in [3.63, 3.8) is 0 Å². The molecule has 1 N–H and O–H groups in total. The van der Waals surface area contributed by atoms with Gasteiger partial charge >= 0.3 is 0 Å². The molecule has 2 fully saturated rings. The largest absolute Gasteiger partial charge is 0.345 e. The number of amides is 1. The molecule has 1 heterocycles. The van der Waals surface area contributed by atoms with Crippen LogP contribution >= 0.6 is 0 Å². The second-order valence-corrected chi connectivity index (χ2v) is 6.69. The molecule has 2 atom stereocenters. The Kier molecular flexibility index (Phi) is 4.29. The van der Waals surface area contributed by atoms with Gasteiger partial charge in [-0.15, -0.1) is 0 Å². The molecule has 3 rings (SSSR count). The van der Waals surface area contributed by atoms with Crippen LogP contribution in [0, 0.1) is 11.3 Å². The zero-order chi connectivity index (χ0) is 14.7. The van der Waals surface area contributed by atoms with Crippen molar-refractivity contribution in [1.29, 1.82) is 0 Å². The van der Waals surface area contributed by atoms with Crippen LogP contribution in [-0.4, -0.2) is 37.5 Å². The standard InChI is InChI=1S/C18H26N2O/c1-20(12-10-15-7-3-2-4-8-15)17(21)18-11-6-5-9-16(18)13-19-14-18/h2-4,7-8,16,19H,5-6,9-14H2,1H3/t16-,18+/m0/s1. The molecule has 2 aliphatic rings. The number of fused-ring (bicyclic) bond motifs is 1. The zero-order valence-corrected chi connectivity index (χ0v) is 13.0. The number of nitrogens with zero attached hydrogens (tertiary/aromatic N) is 1. The van der Waals surface area contributed by atoms with Crippen LogP contribution < -0.4 is 5.32 Å². The van der Waals surface area contributed by atoms with E-state index in [1.165, 1.54) is 24.8 Å². The predicted molar refractivity (Wildman–Crippen MR) is 85.0 cm³/mol. The van der Waals surface area contributed by atoms with Crippen molar-refractivity contribution in [3.05, 3.63) is 35.9 Å². The molecule has 1 saturated heterocycles. The minimum absolute atomic E-state index is 0.107. The first-order valence-electron chi connectivity index (χ1n) is 8.22. The number of likely N-dealkylation sites (N-methyl/N-ethyl adjacent to an activating group) is 1. The Morgan fingerprint density at radius 3 is 2.95 bits per heavy atom. The summed E-state index contributed by atoms with van der Waals surface area (Å²) in [5.74, 6) is 0.922. The molecule has 1 aromatic carbocycles. The van der Waals surface area contributed by atoms with Gasteiger partial charge in [0.25, 0.3) is 0 Å². The van der Waals surface area contributed by atoms with Crippen molar-refractivity contribution in [1.82, 2.24) is 10.2 Å². The number of hydrogen-bond donors (Lipinski definition) is 1. The maximum Gasteiger partial charge on any atom is 0.230 e. The molecule has 0 spiro atoms. The lowest BCUT2D eigenvalue weighted by molar-refractivity contribution is -0.143. The summed E-state index contributed by atoms with van der Waals surface area (Å²) in [5, 5.41) is 3.47. The van der Waals surface area contributed by atoms with Crippen LogP contribution in [0.2, 0.25) is 0 Å². The minimum atomic E-state index is -0.107. The fourth-order valence-electron chi connectivity index (χ4n) is 4.09. The van der Waals surface area contributed by atoms with Crippen molar-refractivity contribution in [2.24, 2.45) is 11.3 Å². The van der Waals surface area contributed by atoms with E-state index in [4.69, 9.17) is 0 Å². The van der Waals surface area contributed by atoms with Crippen LogP contribution in [0.3, 0.4) is 0 Å². The molecule has 1 aliphatic carbocycles. The Morgan fingerprint density at radius 1 is 1.33 bits per heavy atom. The summed E-state index contributed by atoms with van der Waals surface area (Å²) >= 11 is 0. The fraction of sp³-hybridized carbons (Fsp3) is 0.611. The second kappa shape index (κ2) is 6.18. The summed E-state index contributed by atoms with van der Waals surface area (Å²) in [6.07, 6.45) is 5.72. The maximum atomic E-state index is 13.0. The molecular formula is C18H26N2O. The topological polar surface area (TPSA) is 32.3 Å². The highest BCUT2D eigenvalue weighted by molar-refractivity contribution is 5.83. The van der Waals surface area contributed by atoms with E-state index < -0.39 is 0 Å². The van der Waals surface area contributed by atoms with E-state index in [2.05, 4.69) is 29.6 Å². The molecule has 114 valence electrons. The number of benzene rings is 1. The summed E-state index contributed by atoms with van der Waals surface area (Å²) in [7, 11) is 1.98. The normalized spacial score (nSPS) is 28.1. The number of nitrogens with one attached hydrogen (secondary N) is 1. The molecule has 1 aliphatic heterocycles. The summed E-state index contributed by atoms with van der Waals surface area (Å²) in [6, 6.07) is 10.4. The third kappa shape index (κ3) is 2.84. The molecule has 0 bridgehead atoms. The van der Waals surface area contributed by atoms with Crippen molar-refractivity contribution in [2.45, 2.75) is 32.1 Å². The molecule has 0 radical (unpaired) electrons. The highest BCUT2D eigenvalue weighted by Crippen LogP contribution is 2.44. The van der Waals surface area contributed by atoms with E-state index in [-0.39, 0.29) is 5.41 Å². The second-order valence-electron chi connectivity index (χ2n) is 6.69. The van der Waals surface area contributed by atoms with Crippen molar-refractivity contribution >= 4 is 5.91 Å². The number of rotatable bonds is 4. The average molecular weight is 286 g/mol. The van der Waals surface area contributed by atoms with Crippen molar-refractivity contribution in [2.75, 3.05) is 26.7 Å². The summed E-state index contributed by atoms with van der Waals surface area (Å²) < 4.78 is 0. The summed E-state index contributed by atoms with van der Waals surface area (Å²) in [4.78, 5) is 15.0. The Balaban J connectivity index is 1.64. The molecule has 3 heteroatoms. The Morgan fingerprint density at radius 2 is 2.14 bits per heavy atom. The van der Waals surface area contributed by atoms with Crippen LogP contribution in [0.5, 0.6) is 0 Å². The van der Waals surface area contributed by atoms with E-state index in [1.807, 2.05) is 18.0 Å². The van der Waals surface area contributed by atoms with Gasteiger partial charge in [0.05, 0.1) is 5.41 Å². The van der Waals surface area contributed by atoms with Gasteiger partial charge in [0.15, 0.2) is 0 Å². The smallest absolute Gasteiger partial charge is 0.230 e. The van der Waals surface area contributed by atoms with Gasteiger partial charge in [0, 0.05) is 20.1 Å². The number of carbonyl (C=O) groups is 1. The van der Waals surface area contributed by atoms with Crippen LogP contribution in [0.25, 0.3) is 0 Å². The van der Waals surface area contributed by atoms with Gasteiger partial charge in [0.1, 0.15) is 0 Å². The van der Waals surface area contributed by atoms with E-state index >= 15 is 0 Å². The number of carbonyl (C=O) groups excluding carboxylic acids is 1. The molecule has 21 heavy (non-hydrogen) atoms. The van der Waals surface area contributed by atoms with E-state index in [0.29, 0.717) is 11.8 Å². The van der Waals surface area contributed by atoms with Gasteiger partial charge in [0.2, 0.25) is 5.91 Å². The Labute approximate surface area is 127 Å². The minimum Gasteiger partial charge on any atom is -0.345 e. The SMILES string of the molecule is CN(CCc1ccccc1)C(=O)[C@@]12CCCC[C@H]1CNC2. The Bertz CT molecular complexity index is 487. The van der Waals surface area contributed by atoms with Gasteiger partial charge in [-0.25, -0.2) is 0 Å². The summed E-state index contributed by atoms with van der Waals surface area (Å²) in [6.45, 7) is 2.72. The van der Waals surface area contributed by atoms with Crippen LogP contribution in [0.1, 0.15) is 31.2 Å². The molecule has 1 saturated carbocycles. The van der Waals surface area contributed by atoms with Gasteiger partial charge in [-0.1, -0.05) is 43.2 Å². The summed E-state index contributed by atoms with van der Waals surface area (Å²) in [5.41, 5.74) is 1.20. The van der Waals surface area contributed by atoms with Gasteiger partial charge < -0.3 is 10.2 Å². The molecule has 0 unspecified atom stereocenters.